The van der Waals surface area contributed by atoms with E-state index in [1.807, 2.05) is 0 Å². The summed E-state index contributed by atoms with van der Waals surface area (Å²) in [5, 5.41) is 7.09. The first-order valence-corrected chi connectivity index (χ1v) is 20.2. The normalized spacial score (nSPS) is 14.7. The van der Waals surface area contributed by atoms with E-state index in [1.165, 1.54) is 74.5 Å². The van der Waals surface area contributed by atoms with Gasteiger partial charge in [0, 0.05) is 0 Å². The summed E-state index contributed by atoms with van der Waals surface area (Å²) in [6.45, 7) is 27.4. The van der Waals surface area contributed by atoms with Gasteiger partial charge in [0.15, 0.2) is 0 Å². The van der Waals surface area contributed by atoms with Gasteiger partial charge in [0.2, 0.25) is 0 Å². The number of allylic oxidation sites excluding steroid dienone is 4. The second kappa shape index (κ2) is 16.4. The zero-order valence-electron chi connectivity index (χ0n) is 29.0. The summed E-state index contributed by atoms with van der Waals surface area (Å²) in [4.78, 5) is 0. The van der Waals surface area contributed by atoms with E-state index in [4.69, 9.17) is 0 Å². The summed E-state index contributed by atoms with van der Waals surface area (Å²) in [6.07, 6.45) is 6.99. The third-order valence-electron chi connectivity index (χ3n) is 7.99. The van der Waals surface area contributed by atoms with Crippen molar-refractivity contribution in [3.8, 4) is 0 Å². The standard InChI is InChI=1S/C21H25.C10H17Si.C9H10.2ClH.Zr/c1-20(2,3)16-9-7-14-11-15-8-10-17(21(4,5)6)13-19(15)18(14)12-16;1-8-6-9(2)10(7-8)11(3,4)5;1-2-6-9-7-4-3-5-8-9;;;/h7-13H,1-6H3;7-8H,1-5H3;3-5,7-8H,2H2,1H3;2*1H;/q2*-1;;;;+2/p-2. The molecule has 0 aromatic heterocycles. The van der Waals surface area contributed by atoms with Crippen molar-refractivity contribution >= 4 is 32.8 Å². The molecule has 1 unspecified atom stereocenters. The smallest absolute Gasteiger partial charge is 1.00 e. The molecule has 0 saturated carbocycles. The van der Waals surface area contributed by atoms with Crippen molar-refractivity contribution in [1.82, 2.24) is 0 Å². The van der Waals surface area contributed by atoms with E-state index in [-0.39, 0.29) is 35.6 Å². The van der Waals surface area contributed by atoms with Crippen molar-refractivity contribution in [1.29, 1.82) is 0 Å². The van der Waals surface area contributed by atoms with E-state index in [0.29, 0.717) is 5.92 Å². The Morgan fingerprint density at radius 1 is 0.795 bits per heavy atom. The molecule has 5 rings (SSSR count). The van der Waals surface area contributed by atoms with E-state index in [9.17, 15) is 0 Å². The molecule has 1 aliphatic rings. The van der Waals surface area contributed by atoms with Gasteiger partial charge >= 0.3 is 76.7 Å². The van der Waals surface area contributed by atoms with Gasteiger partial charge in [-0.3, -0.25) is 6.08 Å². The Morgan fingerprint density at radius 2 is 1.25 bits per heavy atom. The van der Waals surface area contributed by atoms with E-state index >= 15 is 0 Å². The summed E-state index contributed by atoms with van der Waals surface area (Å²) < 4.78 is 1.55. The number of hydrogen-bond acceptors (Lipinski definition) is 0. The number of halogens is 2. The number of hydrogen-bond donors (Lipinski definition) is 0. The van der Waals surface area contributed by atoms with Crippen molar-refractivity contribution in [3.63, 3.8) is 0 Å². The second-order valence-electron chi connectivity index (χ2n) is 14.8. The minimum Gasteiger partial charge on any atom is -1.00 e. The van der Waals surface area contributed by atoms with Gasteiger partial charge in [0.05, 0.1) is 0 Å². The van der Waals surface area contributed by atoms with Crippen LogP contribution in [0.25, 0.3) is 21.5 Å². The van der Waals surface area contributed by atoms with E-state index in [1.54, 1.807) is 8.40 Å². The SMILES string of the molecule is CC(C)(C)c1ccc2[cH-]c3ccc(C(C)(C)C)cc3c2c1.CC1=[C-]C(C)C=C1[Si](C)(C)C.CC[C](=[Zr+2])c1ccccc1.[Cl-].[Cl-]. The van der Waals surface area contributed by atoms with Gasteiger partial charge in [0.1, 0.15) is 0 Å². The Morgan fingerprint density at radius 3 is 1.57 bits per heavy atom. The molecule has 236 valence electrons. The molecule has 0 heterocycles. The molecule has 1 atom stereocenters. The second-order valence-corrected chi connectivity index (χ2v) is 21.4. The van der Waals surface area contributed by atoms with Gasteiger partial charge in [-0.15, -0.1) is 39.7 Å². The third kappa shape index (κ3) is 10.8. The molecule has 0 fully saturated rings. The summed E-state index contributed by atoms with van der Waals surface area (Å²) in [6, 6.07) is 26.7. The van der Waals surface area contributed by atoms with E-state index in [0.717, 1.165) is 0 Å². The van der Waals surface area contributed by atoms with Crippen molar-refractivity contribution in [2.24, 2.45) is 5.92 Å². The fourth-order valence-electron chi connectivity index (χ4n) is 5.42. The summed E-state index contributed by atoms with van der Waals surface area (Å²) >= 11 is 1.54. The van der Waals surface area contributed by atoms with Crippen LogP contribution in [0.2, 0.25) is 19.6 Å². The van der Waals surface area contributed by atoms with Crippen LogP contribution < -0.4 is 24.8 Å². The molecule has 0 amide bonds. The topological polar surface area (TPSA) is 0 Å². The maximum Gasteiger partial charge on any atom is -1.00 e. The van der Waals surface area contributed by atoms with E-state index in [2.05, 4.69) is 167 Å². The van der Waals surface area contributed by atoms with Crippen molar-refractivity contribution in [2.45, 2.75) is 99.2 Å². The van der Waals surface area contributed by atoms with Gasteiger partial charge in [-0.25, -0.2) is 10.8 Å². The van der Waals surface area contributed by atoms with Gasteiger partial charge in [-0.2, -0.15) is 6.08 Å². The first kappa shape index (κ1) is 40.6. The van der Waals surface area contributed by atoms with Crippen LogP contribution in [0.5, 0.6) is 0 Å². The average molecular weight is 723 g/mol. The minimum absolute atomic E-state index is 0. The fourth-order valence-corrected chi connectivity index (χ4v) is 7.78. The Bertz CT molecular complexity index is 1520. The van der Waals surface area contributed by atoms with Gasteiger partial charge in [-0.05, 0) is 18.9 Å². The Balaban J connectivity index is 0.000000358. The number of fused-ring (bicyclic) bond motifs is 3. The first-order chi connectivity index (χ1) is 19.4. The van der Waals surface area contributed by atoms with Crippen LogP contribution in [0.3, 0.4) is 0 Å². The Kier molecular flexibility index (Phi) is 15.1. The molecule has 1 aliphatic carbocycles. The van der Waals surface area contributed by atoms with Crippen LogP contribution in [-0.2, 0) is 35.1 Å². The van der Waals surface area contributed by atoms with Crippen LogP contribution in [0.4, 0.5) is 0 Å². The van der Waals surface area contributed by atoms with Gasteiger partial charge in [-0.1, -0.05) is 116 Å². The molecule has 44 heavy (non-hydrogen) atoms. The largest absolute Gasteiger partial charge is 1.00 e. The molecule has 0 bridgehead atoms. The summed E-state index contributed by atoms with van der Waals surface area (Å²) in [5.41, 5.74) is 6.01. The minimum atomic E-state index is -1.07. The molecule has 0 N–H and O–H groups in total. The molecular formula is C40H52Cl2SiZr-2. The number of rotatable bonds is 3. The molecule has 4 aromatic rings. The summed E-state index contributed by atoms with van der Waals surface area (Å²) in [5.74, 6) is 0.553. The molecule has 0 spiro atoms. The predicted octanol–water partition coefficient (Wildman–Crippen LogP) is 5.67. The van der Waals surface area contributed by atoms with Crippen molar-refractivity contribution in [3.05, 3.63) is 112 Å². The molecule has 4 aromatic carbocycles. The number of benzene rings is 3. The maximum absolute atomic E-state index is 3.43. The molecule has 0 aliphatic heterocycles. The molecule has 0 radical (unpaired) electrons. The third-order valence-corrected chi connectivity index (χ3v) is 11.7. The predicted molar refractivity (Wildman–Crippen MR) is 188 cm³/mol. The quantitative estimate of drug-likeness (QED) is 0.189. The van der Waals surface area contributed by atoms with Gasteiger partial charge in [0.25, 0.3) is 0 Å². The van der Waals surface area contributed by atoms with E-state index < -0.39 is 8.07 Å². The zero-order valence-corrected chi connectivity index (χ0v) is 34.0. The Hall–Kier alpha value is -1.44. The fraction of sp³-hybridized carbons (Fsp3) is 0.400. The Labute approximate surface area is 297 Å². The van der Waals surface area contributed by atoms with Crippen LogP contribution >= 0.6 is 0 Å². The molecular weight excluding hydrogens is 671 g/mol. The zero-order chi connectivity index (χ0) is 31.5. The van der Waals surface area contributed by atoms with Gasteiger partial charge < -0.3 is 24.8 Å². The van der Waals surface area contributed by atoms with Crippen LogP contribution in [0.1, 0.15) is 85.4 Å². The molecule has 4 heteroatoms. The summed E-state index contributed by atoms with van der Waals surface area (Å²) in [7, 11) is -1.07. The molecule has 0 saturated heterocycles. The average Bonchev–Trinajstić information content (AvgIpc) is 3.46. The maximum atomic E-state index is 3.43. The van der Waals surface area contributed by atoms with Crippen molar-refractivity contribution in [2.75, 3.05) is 0 Å². The monoisotopic (exact) mass is 720 g/mol. The first-order valence-electron chi connectivity index (χ1n) is 15.5. The van der Waals surface area contributed by atoms with Crippen LogP contribution in [-0.4, -0.2) is 11.3 Å². The van der Waals surface area contributed by atoms with Crippen LogP contribution in [0, 0.1) is 12.0 Å². The molecule has 0 nitrogen and oxygen atoms in total. The van der Waals surface area contributed by atoms with Crippen LogP contribution in [0.15, 0.2) is 89.6 Å². The van der Waals surface area contributed by atoms with Crippen molar-refractivity contribution < 1.29 is 49.0 Å².